The van der Waals surface area contributed by atoms with E-state index in [0.717, 1.165) is 5.56 Å². The van der Waals surface area contributed by atoms with Gasteiger partial charge in [0, 0.05) is 13.1 Å². The van der Waals surface area contributed by atoms with Crippen LogP contribution in [-0.2, 0) is 16.0 Å². The predicted octanol–water partition coefficient (Wildman–Crippen LogP) is 0.825. The van der Waals surface area contributed by atoms with E-state index in [0.29, 0.717) is 25.1 Å². The van der Waals surface area contributed by atoms with Crippen LogP contribution in [0.2, 0.25) is 0 Å². The quantitative estimate of drug-likeness (QED) is 0.883. The summed E-state index contributed by atoms with van der Waals surface area (Å²) in [5.41, 5.74) is 6.20. The molecule has 1 aromatic rings. The molecular weight excluding hydrogens is 254 g/mol. The Bertz CT molecular complexity index is 574. The molecule has 0 aliphatic carbocycles. The number of nitrogens with two attached hydrogens (primary N) is 1. The molecule has 0 bridgehead atoms. The highest BCUT2D eigenvalue weighted by atomic mass is 16.2. The lowest BCUT2D eigenvalue weighted by atomic mass is 9.89. The molecule has 0 radical (unpaired) electrons. The maximum Gasteiger partial charge on any atom is 0.227 e. The van der Waals surface area contributed by atoms with Gasteiger partial charge < -0.3 is 10.6 Å². The van der Waals surface area contributed by atoms with Gasteiger partial charge in [-0.1, -0.05) is 12.1 Å². The van der Waals surface area contributed by atoms with Crippen LogP contribution in [0.5, 0.6) is 0 Å². The van der Waals surface area contributed by atoms with Crippen LogP contribution in [0.3, 0.4) is 0 Å². The zero-order valence-electron chi connectivity index (χ0n) is 11.4. The summed E-state index contributed by atoms with van der Waals surface area (Å²) >= 11 is 0. The molecule has 0 spiro atoms. The molecule has 2 N–H and O–H groups in total. The van der Waals surface area contributed by atoms with E-state index < -0.39 is 5.41 Å². The van der Waals surface area contributed by atoms with Gasteiger partial charge in [-0.25, -0.2) is 0 Å². The lowest BCUT2D eigenvalue weighted by molar-refractivity contribution is -0.131. The summed E-state index contributed by atoms with van der Waals surface area (Å²) in [6.45, 7) is 2.75. The smallest absolute Gasteiger partial charge is 0.227 e. The van der Waals surface area contributed by atoms with E-state index in [4.69, 9.17) is 11.0 Å². The summed E-state index contributed by atoms with van der Waals surface area (Å²) in [6.07, 6.45) is 0.891. The maximum atomic E-state index is 12.2. The average molecular weight is 271 g/mol. The Morgan fingerprint density at radius 1 is 1.40 bits per heavy atom. The number of nitrogens with zero attached hydrogens (tertiary/aromatic N) is 2. The molecule has 2 rings (SSSR count). The topological polar surface area (TPSA) is 87.2 Å². The predicted molar refractivity (Wildman–Crippen MR) is 73.4 cm³/mol. The summed E-state index contributed by atoms with van der Waals surface area (Å²) in [4.78, 5) is 25.2. The van der Waals surface area contributed by atoms with Crippen LogP contribution in [0, 0.1) is 16.7 Å². The average Bonchev–Trinajstić information content (AvgIpc) is 2.84. The number of amides is 2. The first-order valence-electron chi connectivity index (χ1n) is 6.51. The van der Waals surface area contributed by atoms with Gasteiger partial charge in [0.2, 0.25) is 11.8 Å². The van der Waals surface area contributed by atoms with Crippen molar-refractivity contribution in [2.45, 2.75) is 19.8 Å². The second-order valence-electron chi connectivity index (χ2n) is 5.48. The highest BCUT2D eigenvalue weighted by Crippen LogP contribution is 2.29. The van der Waals surface area contributed by atoms with Gasteiger partial charge in [0.15, 0.2) is 0 Å². The molecule has 1 aromatic carbocycles. The van der Waals surface area contributed by atoms with Crippen molar-refractivity contribution >= 4 is 11.8 Å². The van der Waals surface area contributed by atoms with Crippen LogP contribution in [0.15, 0.2) is 24.3 Å². The fraction of sp³-hybridized carbons (Fsp3) is 0.400. The molecule has 5 heteroatoms. The van der Waals surface area contributed by atoms with Gasteiger partial charge in [-0.3, -0.25) is 9.59 Å². The number of hydrogen-bond donors (Lipinski definition) is 1. The third kappa shape index (κ3) is 2.80. The molecule has 2 amide bonds. The van der Waals surface area contributed by atoms with Gasteiger partial charge >= 0.3 is 0 Å². The van der Waals surface area contributed by atoms with E-state index in [2.05, 4.69) is 0 Å². The van der Waals surface area contributed by atoms with Crippen molar-refractivity contribution < 1.29 is 9.59 Å². The minimum Gasteiger partial charge on any atom is -0.369 e. The summed E-state index contributed by atoms with van der Waals surface area (Å²) in [6, 6.07) is 8.98. The van der Waals surface area contributed by atoms with Crippen molar-refractivity contribution in [1.82, 2.24) is 4.90 Å². The van der Waals surface area contributed by atoms with Crippen LogP contribution < -0.4 is 5.73 Å². The Hall–Kier alpha value is -2.35. The number of nitriles is 1. The van der Waals surface area contributed by atoms with E-state index in [1.165, 1.54) is 0 Å². The van der Waals surface area contributed by atoms with Crippen LogP contribution in [-0.4, -0.2) is 29.8 Å². The van der Waals surface area contributed by atoms with Gasteiger partial charge in [-0.15, -0.1) is 0 Å². The molecule has 1 aliphatic heterocycles. The fourth-order valence-corrected chi connectivity index (χ4v) is 2.36. The fourth-order valence-electron chi connectivity index (χ4n) is 2.36. The number of carbonyl (C=O) groups is 2. The van der Waals surface area contributed by atoms with Crippen molar-refractivity contribution in [1.29, 1.82) is 5.26 Å². The first-order valence-corrected chi connectivity index (χ1v) is 6.51. The van der Waals surface area contributed by atoms with Crippen LogP contribution in [0.1, 0.15) is 24.5 Å². The lowest BCUT2D eigenvalue weighted by Crippen LogP contribution is -2.39. The van der Waals surface area contributed by atoms with E-state index in [1.54, 1.807) is 36.1 Å². The first-order chi connectivity index (χ1) is 9.44. The normalized spacial score (nSPS) is 21.5. The molecule has 20 heavy (non-hydrogen) atoms. The Balaban J connectivity index is 1.99. The minimum absolute atomic E-state index is 0.0142. The standard InChI is InChI=1S/C15H17N3O2/c1-15(14(17)20)6-7-18(10-15)13(19)8-11-2-4-12(9-16)5-3-11/h2-5H,6-8,10H2,1H3,(H2,17,20). The highest BCUT2D eigenvalue weighted by molar-refractivity contribution is 5.84. The molecule has 1 aliphatic rings. The monoisotopic (exact) mass is 271 g/mol. The number of carbonyl (C=O) groups excluding carboxylic acids is 2. The zero-order chi connectivity index (χ0) is 14.8. The molecule has 1 saturated heterocycles. The molecular formula is C15H17N3O2. The second kappa shape index (κ2) is 5.33. The second-order valence-corrected chi connectivity index (χ2v) is 5.48. The highest BCUT2D eigenvalue weighted by Gasteiger charge is 2.40. The van der Waals surface area contributed by atoms with Crippen molar-refractivity contribution in [2.24, 2.45) is 11.1 Å². The summed E-state index contributed by atoms with van der Waals surface area (Å²) in [5.74, 6) is -0.370. The Morgan fingerprint density at radius 2 is 2.05 bits per heavy atom. The molecule has 5 nitrogen and oxygen atoms in total. The number of primary amides is 1. The van der Waals surface area contributed by atoms with Gasteiger partial charge in [0.1, 0.15) is 0 Å². The van der Waals surface area contributed by atoms with Crippen molar-refractivity contribution in [3.8, 4) is 6.07 Å². The number of likely N-dealkylation sites (tertiary alicyclic amines) is 1. The molecule has 1 unspecified atom stereocenters. The van der Waals surface area contributed by atoms with E-state index in [-0.39, 0.29) is 18.2 Å². The molecule has 0 aromatic heterocycles. The summed E-state index contributed by atoms with van der Waals surface area (Å²) in [5, 5.41) is 8.72. The lowest BCUT2D eigenvalue weighted by Gasteiger charge is -2.21. The van der Waals surface area contributed by atoms with E-state index >= 15 is 0 Å². The molecule has 104 valence electrons. The summed E-state index contributed by atoms with van der Waals surface area (Å²) < 4.78 is 0. The number of rotatable bonds is 3. The molecule has 1 heterocycles. The number of hydrogen-bond acceptors (Lipinski definition) is 3. The summed E-state index contributed by atoms with van der Waals surface area (Å²) in [7, 11) is 0. The first kappa shape index (κ1) is 14.1. The van der Waals surface area contributed by atoms with Gasteiger partial charge in [-0.2, -0.15) is 5.26 Å². The third-order valence-electron chi connectivity index (χ3n) is 3.86. The van der Waals surface area contributed by atoms with E-state index in [9.17, 15) is 9.59 Å². The van der Waals surface area contributed by atoms with Gasteiger partial charge in [0.25, 0.3) is 0 Å². The molecule has 1 fully saturated rings. The van der Waals surface area contributed by atoms with Crippen LogP contribution in [0.4, 0.5) is 0 Å². The Morgan fingerprint density at radius 3 is 2.55 bits per heavy atom. The molecule has 0 saturated carbocycles. The van der Waals surface area contributed by atoms with Crippen molar-refractivity contribution in [3.63, 3.8) is 0 Å². The van der Waals surface area contributed by atoms with Gasteiger partial charge in [-0.05, 0) is 31.0 Å². The van der Waals surface area contributed by atoms with Crippen LogP contribution >= 0.6 is 0 Å². The molecule has 1 atom stereocenters. The minimum atomic E-state index is -0.611. The SMILES string of the molecule is CC1(C(N)=O)CCN(C(=O)Cc2ccc(C#N)cc2)C1. The van der Waals surface area contributed by atoms with E-state index in [1.807, 2.05) is 6.07 Å². The van der Waals surface area contributed by atoms with Crippen molar-refractivity contribution in [2.75, 3.05) is 13.1 Å². The third-order valence-corrected chi connectivity index (χ3v) is 3.86. The number of benzene rings is 1. The largest absolute Gasteiger partial charge is 0.369 e. The van der Waals surface area contributed by atoms with Crippen molar-refractivity contribution in [3.05, 3.63) is 35.4 Å². The Labute approximate surface area is 118 Å². The Kier molecular flexibility index (Phi) is 3.75. The zero-order valence-corrected chi connectivity index (χ0v) is 11.4. The van der Waals surface area contributed by atoms with Gasteiger partial charge in [0.05, 0.1) is 23.5 Å². The van der Waals surface area contributed by atoms with Crippen LogP contribution in [0.25, 0.3) is 0 Å². The maximum absolute atomic E-state index is 12.2.